The smallest absolute Gasteiger partial charge is 0.138 e. The van der Waals surface area contributed by atoms with Crippen LogP contribution in [0.1, 0.15) is 11.1 Å². The van der Waals surface area contributed by atoms with E-state index in [4.69, 9.17) is 16.2 Å². The van der Waals surface area contributed by atoms with Gasteiger partial charge >= 0.3 is 0 Å². The summed E-state index contributed by atoms with van der Waals surface area (Å²) >= 11 is 0. The molecule has 1 aliphatic rings. The topological polar surface area (TPSA) is 102 Å². The van der Waals surface area contributed by atoms with Gasteiger partial charge in [0.2, 0.25) is 0 Å². The molecule has 34 heavy (non-hydrogen) atoms. The number of imidazole rings is 1. The van der Waals surface area contributed by atoms with E-state index in [1.807, 2.05) is 91.0 Å². The van der Waals surface area contributed by atoms with Gasteiger partial charge in [0.1, 0.15) is 17.3 Å². The van der Waals surface area contributed by atoms with Crippen LogP contribution >= 0.6 is 0 Å². The molecule has 0 fully saturated rings. The van der Waals surface area contributed by atoms with E-state index in [9.17, 15) is 0 Å². The lowest BCUT2D eigenvalue weighted by molar-refractivity contribution is 0.482. The number of fused-ring (bicyclic) bond motifs is 2. The van der Waals surface area contributed by atoms with Crippen LogP contribution in [0.25, 0.3) is 34.2 Å². The third-order valence-corrected chi connectivity index (χ3v) is 5.72. The second kappa shape index (κ2) is 7.89. The maximum Gasteiger partial charge on any atom is 0.138 e. The lowest BCUT2D eigenvalue weighted by Crippen LogP contribution is -2.03. The Morgan fingerprint density at radius 1 is 0.735 bits per heavy atom. The van der Waals surface area contributed by atoms with Crippen LogP contribution in [0.3, 0.4) is 0 Å². The molecule has 0 radical (unpaired) electrons. The lowest BCUT2D eigenvalue weighted by Gasteiger charge is -2.16. The van der Waals surface area contributed by atoms with Gasteiger partial charge in [-0.1, -0.05) is 5.73 Å². The van der Waals surface area contributed by atoms with Gasteiger partial charge in [0, 0.05) is 33.8 Å². The minimum atomic E-state index is 0.707. The summed E-state index contributed by atoms with van der Waals surface area (Å²) in [6, 6.07) is 27.2. The molecule has 0 saturated heterocycles. The van der Waals surface area contributed by atoms with Gasteiger partial charge in [-0.25, -0.2) is 4.98 Å². The monoisotopic (exact) mass is 443 g/mol. The molecule has 1 aromatic heterocycles. The first-order valence-corrected chi connectivity index (χ1v) is 10.9. The van der Waals surface area contributed by atoms with E-state index in [1.54, 1.807) is 0 Å². The van der Waals surface area contributed by atoms with Gasteiger partial charge < -0.3 is 26.5 Å². The van der Waals surface area contributed by atoms with Crippen LogP contribution in [0.15, 0.2) is 90.7 Å². The summed E-state index contributed by atoms with van der Waals surface area (Å²) in [5, 5.41) is 3.41. The third-order valence-electron chi connectivity index (χ3n) is 5.72. The largest absolute Gasteiger partial charge is 0.457 e. The minimum Gasteiger partial charge on any atom is -0.457 e. The Labute approximate surface area is 196 Å². The minimum absolute atomic E-state index is 0.707. The van der Waals surface area contributed by atoms with Crippen molar-refractivity contribution < 1.29 is 4.74 Å². The fourth-order valence-electron chi connectivity index (χ4n) is 3.96. The van der Waals surface area contributed by atoms with Gasteiger partial charge in [-0.3, -0.25) is 0 Å². The first-order valence-electron chi connectivity index (χ1n) is 10.9. The quantitative estimate of drug-likeness (QED) is 0.194. The second-order valence-electron chi connectivity index (χ2n) is 8.15. The summed E-state index contributed by atoms with van der Waals surface area (Å²) in [5.41, 5.74) is 23.2. The molecule has 2 heterocycles. The maximum atomic E-state index is 6.04. The zero-order valence-corrected chi connectivity index (χ0v) is 18.2. The highest BCUT2D eigenvalue weighted by Gasteiger charge is 2.10. The van der Waals surface area contributed by atoms with Crippen LogP contribution in [0.4, 0.5) is 17.1 Å². The number of anilines is 3. The first-order chi connectivity index (χ1) is 16.6. The van der Waals surface area contributed by atoms with Crippen molar-refractivity contribution in [2.45, 2.75) is 0 Å². The highest BCUT2D eigenvalue weighted by molar-refractivity contribution is 5.87. The predicted octanol–water partition coefficient (Wildman–Crippen LogP) is 6.27. The number of nitrogens with one attached hydrogen (secondary N) is 2. The standard InChI is InChI=1S/C28H21N5O/c29-20-6-13-25-19(15-20)5-12-24(31-25)17-1-8-22(9-2-17)34-23-10-3-18(4-11-23)28-32-26-14-7-21(30)16-27(26)33-28/h1-11,13-16,31H,29-30H2,(H,32,33). The molecule has 0 aliphatic carbocycles. The van der Waals surface area contributed by atoms with Crippen molar-refractivity contribution in [3.63, 3.8) is 0 Å². The number of aromatic nitrogens is 2. The molecule has 6 nitrogen and oxygen atoms in total. The van der Waals surface area contributed by atoms with E-state index in [0.29, 0.717) is 5.69 Å². The van der Waals surface area contributed by atoms with Crippen LogP contribution in [-0.2, 0) is 0 Å². The number of rotatable bonds is 4. The van der Waals surface area contributed by atoms with Crippen LogP contribution in [0, 0.1) is 0 Å². The summed E-state index contributed by atoms with van der Waals surface area (Å²) in [4.78, 5) is 7.95. The molecule has 0 spiro atoms. The van der Waals surface area contributed by atoms with Crippen molar-refractivity contribution in [2.75, 3.05) is 16.8 Å². The Bertz CT molecular complexity index is 1590. The van der Waals surface area contributed by atoms with Crippen molar-refractivity contribution in [1.29, 1.82) is 0 Å². The van der Waals surface area contributed by atoms with Crippen molar-refractivity contribution in [3.8, 4) is 22.9 Å². The molecule has 0 amide bonds. The van der Waals surface area contributed by atoms with Crippen molar-refractivity contribution in [2.24, 2.45) is 0 Å². The molecule has 5 aromatic rings. The first kappa shape index (κ1) is 19.7. The summed E-state index contributed by atoms with van der Waals surface area (Å²) in [6.45, 7) is 0. The third kappa shape index (κ3) is 3.75. The number of ether oxygens (including phenoxy) is 1. The summed E-state index contributed by atoms with van der Waals surface area (Å²) < 4.78 is 6.04. The Morgan fingerprint density at radius 3 is 2.18 bits per heavy atom. The number of nitrogens with zero attached hydrogens (tertiary/aromatic N) is 1. The number of benzene rings is 4. The van der Waals surface area contributed by atoms with Gasteiger partial charge in [-0.15, -0.1) is 0 Å². The van der Waals surface area contributed by atoms with E-state index in [0.717, 1.165) is 62.1 Å². The van der Waals surface area contributed by atoms with E-state index >= 15 is 0 Å². The van der Waals surface area contributed by atoms with Crippen LogP contribution in [0.5, 0.6) is 11.5 Å². The number of aromatic amines is 1. The molecule has 0 bridgehead atoms. The number of hydrogen-bond acceptors (Lipinski definition) is 5. The van der Waals surface area contributed by atoms with Gasteiger partial charge in [-0.05, 0) is 91.0 Å². The van der Waals surface area contributed by atoms with E-state index in [2.05, 4.69) is 21.0 Å². The summed E-state index contributed by atoms with van der Waals surface area (Å²) in [5.74, 6) is 2.30. The van der Waals surface area contributed by atoms with Crippen molar-refractivity contribution in [3.05, 3.63) is 102 Å². The molecule has 1 aliphatic heterocycles. The zero-order valence-electron chi connectivity index (χ0n) is 18.2. The Kier molecular flexibility index (Phi) is 4.58. The summed E-state index contributed by atoms with van der Waals surface area (Å²) in [7, 11) is 0. The Morgan fingerprint density at radius 2 is 1.41 bits per heavy atom. The van der Waals surface area contributed by atoms with Gasteiger partial charge in [0.25, 0.3) is 0 Å². The van der Waals surface area contributed by atoms with E-state index < -0.39 is 0 Å². The summed E-state index contributed by atoms with van der Waals surface area (Å²) in [6.07, 6.45) is 1.94. The molecule has 6 heteroatoms. The lowest BCUT2D eigenvalue weighted by atomic mass is 10.1. The number of nitrogens with two attached hydrogens (primary N) is 2. The molecule has 0 atom stereocenters. The molecular weight excluding hydrogens is 422 g/mol. The molecule has 0 unspecified atom stereocenters. The van der Waals surface area contributed by atoms with Gasteiger partial charge in [0.15, 0.2) is 0 Å². The van der Waals surface area contributed by atoms with Crippen molar-refractivity contribution in [1.82, 2.24) is 9.97 Å². The zero-order chi connectivity index (χ0) is 23.1. The van der Waals surface area contributed by atoms with Gasteiger partial charge in [0.05, 0.1) is 16.7 Å². The molecule has 0 saturated carbocycles. The fraction of sp³-hybridized carbons (Fsp3) is 0. The fourth-order valence-corrected chi connectivity index (χ4v) is 3.96. The Balaban J connectivity index is 1.17. The highest BCUT2D eigenvalue weighted by atomic mass is 16.5. The number of H-pyrrole nitrogens is 1. The van der Waals surface area contributed by atoms with Crippen LogP contribution in [-0.4, -0.2) is 9.97 Å². The second-order valence-corrected chi connectivity index (χ2v) is 8.15. The van der Waals surface area contributed by atoms with E-state index in [1.165, 1.54) is 0 Å². The molecule has 6 rings (SSSR count). The molecule has 4 aromatic carbocycles. The van der Waals surface area contributed by atoms with Gasteiger partial charge in [-0.2, -0.15) is 0 Å². The van der Waals surface area contributed by atoms with Crippen LogP contribution in [0.2, 0.25) is 0 Å². The normalized spacial score (nSPS) is 12.2. The molecule has 164 valence electrons. The number of hydrogen-bond donors (Lipinski definition) is 4. The van der Waals surface area contributed by atoms with E-state index in [-0.39, 0.29) is 0 Å². The SMILES string of the molecule is Nc1ccc2c(c1)C=C=C(c1ccc(Oc3ccc(-c4nc5ccc(N)cc5[nH]4)cc3)cc1)N2. The average molecular weight is 444 g/mol. The van der Waals surface area contributed by atoms with Crippen molar-refractivity contribution >= 4 is 39.9 Å². The molecular formula is C28H21N5O. The molecule has 6 N–H and O–H groups in total. The maximum absolute atomic E-state index is 6.04. The number of nitrogen functional groups attached to an aromatic ring is 2. The predicted molar refractivity (Wildman–Crippen MR) is 138 cm³/mol. The highest BCUT2D eigenvalue weighted by Crippen LogP contribution is 2.30. The van der Waals surface area contributed by atoms with Crippen LogP contribution < -0.4 is 21.5 Å². The average Bonchev–Trinajstić information content (AvgIpc) is 3.28. The Hall–Kier alpha value is -4.93.